The summed E-state index contributed by atoms with van der Waals surface area (Å²) < 4.78 is 27.9. The molecular weight excluding hydrogens is 332 g/mol. The number of rotatable bonds is 6. The van der Waals surface area contributed by atoms with Gasteiger partial charge in [0.1, 0.15) is 0 Å². The van der Waals surface area contributed by atoms with Crippen molar-refractivity contribution in [3.63, 3.8) is 0 Å². The lowest BCUT2D eigenvalue weighted by Gasteiger charge is -2.25. The molecular formula is C20H24N2O2S. The molecule has 0 spiro atoms. The van der Waals surface area contributed by atoms with E-state index in [9.17, 15) is 8.42 Å². The first-order chi connectivity index (χ1) is 11.8. The van der Waals surface area contributed by atoms with Crippen LogP contribution in [-0.2, 0) is 21.9 Å². The van der Waals surface area contributed by atoms with E-state index >= 15 is 0 Å². The molecule has 0 bridgehead atoms. The van der Waals surface area contributed by atoms with Gasteiger partial charge in [-0.15, -0.1) is 0 Å². The van der Waals surface area contributed by atoms with Crippen molar-refractivity contribution in [3.05, 3.63) is 65.9 Å². The second-order valence-corrected chi connectivity index (χ2v) is 8.72. The molecule has 0 atom stereocenters. The van der Waals surface area contributed by atoms with E-state index in [1.807, 2.05) is 57.3 Å². The Balaban J connectivity index is 1.81. The summed E-state index contributed by atoms with van der Waals surface area (Å²) in [5.74, 6) is 0. The SMILES string of the molecule is CCc1ccc(S(=O)(=O)NCC(C)(C)c2c[nH]c3ccccc23)cc1. The average molecular weight is 356 g/mol. The van der Waals surface area contributed by atoms with Crippen LogP contribution in [0.5, 0.6) is 0 Å². The van der Waals surface area contributed by atoms with Crippen LogP contribution in [0.4, 0.5) is 0 Å². The molecule has 2 aromatic carbocycles. The van der Waals surface area contributed by atoms with Gasteiger partial charge in [-0.1, -0.05) is 51.1 Å². The van der Waals surface area contributed by atoms with Gasteiger partial charge >= 0.3 is 0 Å². The normalized spacial score (nSPS) is 12.6. The van der Waals surface area contributed by atoms with E-state index in [1.165, 1.54) is 0 Å². The fourth-order valence-corrected chi connectivity index (χ4v) is 4.20. The van der Waals surface area contributed by atoms with E-state index in [4.69, 9.17) is 0 Å². The Morgan fingerprint density at radius 1 is 1.04 bits per heavy atom. The van der Waals surface area contributed by atoms with Crippen molar-refractivity contribution in [2.45, 2.75) is 37.5 Å². The number of aromatic amines is 1. The summed E-state index contributed by atoms with van der Waals surface area (Å²) >= 11 is 0. The maximum atomic E-state index is 12.6. The van der Waals surface area contributed by atoms with Crippen molar-refractivity contribution in [2.75, 3.05) is 6.54 Å². The molecule has 0 aliphatic heterocycles. The predicted molar refractivity (Wildman–Crippen MR) is 102 cm³/mol. The number of benzene rings is 2. The van der Waals surface area contributed by atoms with Gasteiger partial charge in [0.15, 0.2) is 0 Å². The number of hydrogen-bond acceptors (Lipinski definition) is 2. The minimum Gasteiger partial charge on any atom is -0.361 e. The highest BCUT2D eigenvalue weighted by atomic mass is 32.2. The van der Waals surface area contributed by atoms with E-state index in [0.29, 0.717) is 11.4 Å². The Morgan fingerprint density at radius 2 is 1.72 bits per heavy atom. The van der Waals surface area contributed by atoms with Crippen molar-refractivity contribution >= 4 is 20.9 Å². The first-order valence-corrected chi connectivity index (χ1v) is 9.97. The number of aromatic nitrogens is 1. The van der Waals surface area contributed by atoms with Gasteiger partial charge in [-0.2, -0.15) is 0 Å². The Hall–Kier alpha value is -2.11. The zero-order valence-corrected chi connectivity index (χ0v) is 15.7. The van der Waals surface area contributed by atoms with Crippen LogP contribution in [0.1, 0.15) is 31.9 Å². The van der Waals surface area contributed by atoms with Crippen molar-refractivity contribution < 1.29 is 8.42 Å². The predicted octanol–water partition coefficient (Wildman–Crippen LogP) is 3.99. The number of H-pyrrole nitrogens is 1. The summed E-state index contributed by atoms with van der Waals surface area (Å²) in [5.41, 5.74) is 2.95. The molecule has 5 heteroatoms. The van der Waals surface area contributed by atoms with Crippen LogP contribution in [0.3, 0.4) is 0 Å². The fraction of sp³-hybridized carbons (Fsp3) is 0.300. The van der Waals surface area contributed by atoms with E-state index in [-0.39, 0.29) is 5.41 Å². The topological polar surface area (TPSA) is 62.0 Å². The first kappa shape index (κ1) is 17.7. The Kier molecular flexibility index (Phi) is 4.71. The van der Waals surface area contributed by atoms with Crippen molar-refractivity contribution in [1.82, 2.24) is 9.71 Å². The highest BCUT2D eigenvalue weighted by Crippen LogP contribution is 2.30. The van der Waals surface area contributed by atoms with Gasteiger partial charge in [-0.25, -0.2) is 13.1 Å². The summed E-state index contributed by atoms with van der Waals surface area (Å²) in [4.78, 5) is 3.56. The maximum Gasteiger partial charge on any atom is 0.240 e. The summed E-state index contributed by atoms with van der Waals surface area (Å²) in [6.45, 7) is 6.47. The molecule has 3 rings (SSSR count). The standard InChI is InChI=1S/C20H24N2O2S/c1-4-15-9-11-16(12-10-15)25(23,24)22-14-20(2,3)18-13-21-19-8-6-5-7-17(18)19/h5-13,21-22H,4,14H2,1-3H3. The number of fused-ring (bicyclic) bond motifs is 1. The number of para-hydroxylation sites is 1. The molecule has 1 aromatic heterocycles. The number of hydrogen-bond donors (Lipinski definition) is 2. The van der Waals surface area contributed by atoms with Crippen molar-refractivity contribution in [3.8, 4) is 0 Å². The summed E-state index contributed by atoms with van der Waals surface area (Å²) in [6.07, 6.45) is 2.86. The van der Waals surface area contributed by atoms with Gasteiger partial charge in [0, 0.05) is 29.1 Å². The van der Waals surface area contributed by atoms with Crippen LogP contribution in [-0.4, -0.2) is 19.9 Å². The van der Waals surface area contributed by atoms with Gasteiger partial charge in [-0.05, 0) is 35.7 Å². The van der Waals surface area contributed by atoms with Crippen LogP contribution in [0.15, 0.2) is 59.6 Å². The van der Waals surface area contributed by atoms with E-state index in [1.54, 1.807) is 12.1 Å². The van der Waals surface area contributed by atoms with E-state index in [2.05, 4.69) is 15.8 Å². The monoisotopic (exact) mass is 356 g/mol. The second-order valence-electron chi connectivity index (χ2n) is 6.95. The minimum atomic E-state index is -3.52. The summed E-state index contributed by atoms with van der Waals surface area (Å²) in [7, 11) is -3.52. The van der Waals surface area contributed by atoms with Crippen LogP contribution in [0.2, 0.25) is 0 Å². The lowest BCUT2D eigenvalue weighted by molar-refractivity contribution is 0.504. The minimum absolute atomic E-state index is 0.305. The molecule has 2 N–H and O–H groups in total. The Bertz CT molecular complexity index is 970. The fourth-order valence-electron chi connectivity index (χ4n) is 2.99. The van der Waals surface area contributed by atoms with Crippen LogP contribution in [0.25, 0.3) is 10.9 Å². The number of sulfonamides is 1. The number of aryl methyl sites for hydroxylation is 1. The highest BCUT2D eigenvalue weighted by molar-refractivity contribution is 7.89. The molecule has 0 unspecified atom stereocenters. The molecule has 1 heterocycles. The third-order valence-corrected chi connectivity index (χ3v) is 6.08. The van der Waals surface area contributed by atoms with Crippen LogP contribution < -0.4 is 4.72 Å². The van der Waals surface area contributed by atoms with Gasteiger partial charge in [0.05, 0.1) is 4.90 Å². The van der Waals surface area contributed by atoms with Gasteiger partial charge in [-0.3, -0.25) is 0 Å². The zero-order valence-electron chi connectivity index (χ0n) is 14.8. The first-order valence-electron chi connectivity index (χ1n) is 8.49. The van der Waals surface area contributed by atoms with Crippen molar-refractivity contribution in [2.24, 2.45) is 0 Å². The third kappa shape index (κ3) is 3.62. The molecule has 0 aliphatic carbocycles. The molecule has 0 fully saturated rings. The molecule has 0 aliphatic rings. The Labute approximate surface area is 149 Å². The summed E-state index contributed by atoms with van der Waals surface area (Å²) in [5, 5.41) is 1.12. The van der Waals surface area contributed by atoms with Crippen LogP contribution >= 0.6 is 0 Å². The van der Waals surface area contributed by atoms with Crippen molar-refractivity contribution in [1.29, 1.82) is 0 Å². The molecule has 0 radical (unpaired) electrons. The molecule has 132 valence electrons. The van der Waals surface area contributed by atoms with E-state index < -0.39 is 10.0 Å². The van der Waals surface area contributed by atoms with E-state index in [0.717, 1.165) is 28.5 Å². The van der Waals surface area contributed by atoms with Gasteiger partial charge in [0.2, 0.25) is 10.0 Å². The van der Waals surface area contributed by atoms with Gasteiger partial charge in [0.25, 0.3) is 0 Å². The largest absolute Gasteiger partial charge is 0.361 e. The highest BCUT2D eigenvalue weighted by Gasteiger charge is 2.26. The zero-order chi connectivity index (χ0) is 18.1. The maximum absolute atomic E-state index is 12.6. The van der Waals surface area contributed by atoms with Gasteiger partial charge < -0.3 is 4.98 Å². The Morgan fingerprint density at radius 3 is 2.40 bits per heavy atom. The molecule has 4 nitrogen and oxygen atoms in total. The molecule has 0 saturated heterocycles. The molecule has 3 aromatic rings. The second kappa shape index (κ2) is 6.65. The quantitative estimate of drug-likeness (QED) is 0.701. The third-order valence-electron chi connectivity index (χ3n) is 4.66. The van der Waals surface area contributed by atoms with Crippen LogP contribution in [0, 0.1) is 0 Å². The molecule has 25 heavy (non-hydrogen) atoms. The number of nitrogens with one attached hydrogen (secondary N) is 2. The summed E-state index contributed by atoms with van der Waals surface area (Å²) in [6, 6.07) is 15.1. The lowest BCUT2D eigenvalue weighted by atomic mass is 9.85. The molecule has 0 amide bonds. The average Bonchev–Trinajstić information content (AvgIpc) is 3.05. The lowest BCUT2D eigenvalue weighted by Crippen LogP contribution is -2.36. The molecule has 0 saturated carbocycles. The smallest absolute Gasteiger partial charge is 0.240 e.